The molecule has 1 unspecified atom stereocenters. The highest BCUT2D eigenvalue weighted by molar-refractivity contribution is 5.94. The van der Waals surface area contributed by atoms with E-state index in [0.29, 0.717) is 24.6 Å². The van der Waals surface area contributed by atoms with Crippen LogP contribution < -0.4 is 16.4 Å². The summed E-state index contributed by atoms with van der Waals surface area (Å²) in [6, 6.07) is 7.62. The molecule has 0 spiro atoms. The normalized spacial score (nSPS) is 33.3. The first kappa shape index (κ1) is 19.1. The standard InChI is InChI=1S/C24H33N3O2/c25-21(19-5-6-19)14-26-22(28)20-3-1-15(2-4-20)13-27-23(29)24-10-16-7-17(11-24)9-18(8-16)12-24/h1-4,16-19,21H,5-14,25H2,(H,26,28)(H,27,29). The quantitative estimate of drug-likeness (QED) is 0.664. The van der Waals surface area contributed by atoms with Crippen LogP contribution in [-0.2, 0) is 11.3 Å². The molecule has 4 N–H and O–H groups in total. The molecule has 0 aromatic heterocycles. The third kappa shape index (κ3) is 3.94. The molecule has 5 nitrogen and oxygen atoms in total. The van der Waals surface area contributed by atoms with Crippen LogP contribution in [0.1, 0.15) is 67.3 Å². The summed E-state index contributed by atoms with van der Waals surface area (Å²) in [5.74, 6) is 3.08. The van der Waals surface area contributed by atoms with Crippen LogP contribution in [0.3, 0.4) is 0 Å². The van der Waals surface area contributed by atoms with Gasteiger partial charge in [-0.1, -0.05) is 12.1 Å². The average Bonchev–Trinajstić information content (AvgIpc) is 3.55. The van der Waals surface area contributed by atoms with E-state index >= 15 is 0 Å². The Morgan fingerprint density at radius 3 is 2.10 bits per heavy atom. The van der Waals surface area contributed by atoms with Gasteiger partial charge in [0.25, 0.3) is 5.91 Å². The van der Waals surface area contributed by atoms with Gasteiger partial charge in [-0.25, -0.2) is 0 Å². The molecule has 156 valence electrons. The molecule has 4 bridgehead atoms. The molecule has 0 heterocycles. The van der Waals surface area contributed by atoms with Crippen molar-refractivity contribution >= 4 is 11.8 Å². The Morgan fingerprint density at radius 1 is 0.966 bits per heavy atom. The SMILES string of the molecule is NC(CNC(=O)c1ccc(CNC(=O)C23CC4CC(CC(C4)C2)C3)cc1)C1CC1. The number of carbonyl (C=O) groups is 2. The molecule has 5 saturated carbocycles. The Kier molecular flexibility index (Phi) is 4.89. The summed E-state index contributed by atoms with van der Waals surface area (Å²) in [6.45, 7) is 1.07. The Hall–Kier alpha value is -1.88. The van der Waals surface area contributed by atoms with Gasteiger partial charge in [0.15, 0.2) is 0 Å². The van der Waals surface area contributed by atoms with E-state index in [1.54, 1.807) is 0 Å². The van der Waals surface area contributed by atoms with Crippen LogP contribution in [0.5, 0.6) is 0 Å². The van der Waals surface area contributed by atoms with E-state index in [0.717, 1.165) is 42.6 Å². The second-order valence-electron chi connectivity index (χ2n) is 10.3. The van der Waals surface area contributed by atoms with E-state index < -0.39 is 0 Å². The summed E-state index contributed by atoms with van der Waals surface area (Å²) in [5, 5.41) is 6.14. The van der Waals surface area contributed by atoms with Crippen molar-refractivity contribution in [1.82, 2.24) is 10.6 Å². The topological polar surface area (TPSA) is 84.2 Å². The maximum Gasteiger partial charge on any atom is 0.251 e. The van der Waals surface area contributed by atoms with Crippen LogP contribution in [0.25, 0.3) is 0 Å². The maximum absolute atomic E-state index is 13.1. The Bertz CT molecular complexity index is 749. The molecule has 2 amide bonds. The number of carbonyl (C=O) groups excluding carboxylic acids is 2. The number of hydrogen-bond acceptors (Lipinski definition) is 3. The zero-order valence-electron chi connectivity index (χ0n) is 17.2. The van der Waals surface area contributed by atoms with Crippen molar-refractivity contribution < 1.29 is 9.59 Å². The van der Waals surface area contributed by atoms with E-state index in [9.17, 15) is 9.59 Å². The van der Waals surface area contributed by atoms with Gasteiger partial charge in [-0.3, -0.25) is 9.59 Å². The molecule has 0 radical (unpaired) electrons. The third-order valence-electron chi connectivity index (χ3n) is 7.91. The Morgan fingerprint density at radius 2 is 1.55 bits per heavy atom. The van der Waals surface area contributed by atoms with Crippen LogP contribution in [0.15, 0.2) is 24.3 Å². The van der Waals surface area contributed by atoms with Gasteiger partial charge in [0.1, 0.15) is 0 Å². The van der Waals surface area contributed by atoms with Crippen LogP contribution in [0.2, 0.25) is 0 Å². The third-order valence-corrected chi connectivity index (χ3v) is 7.91. The van der Waals surface area contributed by atoms with Gasteiger partial charge in [-0.05, 0) is 92.7 Å². The highest BCUT2D eigenvalue weighted by atomic mass is 16.2. The van der Waals surface area contributed by atoms with Gasteiger partial charge < -0.3 is 16.4 Å². The number of hydrogen-bond donors (Lipinski definition) is 3. The minimum absolute atomic E-state index is 0.0676. The second-order valence-corrected chi connectivity index (χ2v) is 10.3. The minimum atomic E-state index is -0.102. The monoisotopic (exact) mass is 395 g/mol. The van der Waals surface area contributed by atoms with E-state index in [-0.39, 0.29) is 23.3 Å². The number of nitrogens with one attached hydrogen (secondary N) is 2. The average molecular weight is 396 g/mol. The van der Waals surface area contributed by atoms with Crippen molar-refractivity contribution in [3.8, 4) is 0 Å². The highest BCUT2D eigenvalue weighted by Crippen LogP contribution is 2.60. The lowest BCUT2D eigenvalue weighted by Gasteiger charge is -2.55. The van der Waals surface area contributed by atoms with E-state index in [1.807, 2.05) is 24.3 Å². The zero-order chi connectivity index (χ0) is 20.0. The first-order chi connectivity index (χ1) is 14.0. The summed E-state index contributed by atoms with van der Waals surface area (Å²) in [6.07, 6.45) is 9.68. The van der Waals surface area contributed by atoms with E-state index in [2.05, 4.69) is 10.6 Å². The van der Waals surface area contributed by atoms with E-state index in [4.69, 9.17) is 5.73 Å². The molecular weight excluding hydrogens is 362 g/mol. The fourth-order valence-electron chi connectivity index (χ4n) is 6.54. The van der Waals surface area contributed by atoms with Crippen LogP contribution >= 0.6 is 0 Å². The maximum atomic E-state index is 13.1. The van der Waals surface area contributed by atoms with Gasteiger partial charge in [0, 0.05) is 30.1 Å². The fourth-order valence-corrected chi connectivity index (χ4v) is 6.54. The summed E-state index contributed by atoms with van der Waals surface area (Å²) in [4.78, 5) is 25.4. The Balaban J connectivity index is 1.13. The van der Waals surface area contributed by atoms with Crippen LogP contribution in [0, 0.1) is 29.1 Å². The van der Waals surface area contributed by atoms with Gasteiger partial charge in [-0.15, -0.1) is 0 Å². The molecule has 5 aliphatic rings. The lowest BCUT2D eigenvalue weighted by molar-refractivity contribution is -0.146. The first-order valence-electron chi connectivity index (χ1n) is 11.4. The summed E-state index contributed by atoms with van der Waals surface area (Å²) < 4.78 is 0. The highest BCUT2D eigenvalue weighted by Gasteiger charge is 2.54. The molecule has 5 fully saturated rings. The minimum Gasteiger partial charge on any atom is -0.352 e. The molecule has 1 aromatic rings. The van der Waals surface area contributed by atoms with Gasteiger partial charge in [0.05, 0.1) is 0 Å². The van der Waals surface area contributed by atoms with Crippen molar-refractivity contribution in [2.24, 2.45) is 34.8 Å². The number of benzene rings is 1. The second kappa shape index (κ2) is 7.42. The molecule has 5 heteroatoms. The van der Waals surface area contributed by atoms with Crippen LogP contribution in [-0.4, -0.2) is 24.4 Å². The molecule has 5 aliphatic carbocycles. The molecule has 0 aliphatic heterocycles. The Labute approximate surface area is 173 Å². The zero-order valence-corrected chi connectivity index (χ0v) is 17.2. The molecule has 1 atom stereocenters. The number of amides is 2. The van der Waals surface area contributed by atoms with Crippen molar-refractivity contribution in [1.29, 1.82) is 0 Å². The molecular formula is C24H33N3O2. The fraction of sp³-hybridized carbons (Fsp3) is 0.667. The van der Waals surface area contributed by atoms with Crippen LogP contribution in [0.4, 0.5) is 0 Å². The molecule has 29 heavy (non-hydrogen) atoms. The lowest BCUT2D eigenvalue weighted by atomic mass is 9.49. The largest absolute Gasteiger partial charge is 0.352 e. The summed E-state index contributed by atoms with van der Waals surface area (Å²) in [5.41, 5.74) is 7.63. The number of rotatable bonds is 7. The summed E-state index contributed by atoms with van der Waals surface area (Å²) in [7, 11) is 0. The summed E-state index contributed by atoms with van der Waals surface area (Å²) >= 11 is 0. The van der Waals surface area contributed by atoms with Crippen molar-refractivity contribution in [3.05, 3.63) is 35.4 Å². The van der Waals surface area contributed by atoms with Gasteiger partial charge in [0.2, 0.25) is 5.91 Å². The molecule has 6 rings (SSSR count). The lowest BCUT2D eigenvalue weighted by Crippen LogP contribution is -2.53. The van der Waals surface area contributed by atoms with Crippen molar-refractivity contribution in [3.63, 3.8) is 0 Å². The predicted molar refractivity (Wildman–Crippen MR) is 112 cm³/mol. The predicted octanol–water partition coefficient (Wildman–Crippen LogP) is 2.99. The number of nitrogens with two attached hydrogens (primary N) is 1. The first-order valence-corrected chi connectivity index (χ1v) is 11.4. The van der Waals surface area contributed by atoms with Gasteiger partial charge >= 0.3 is 0 Å². The van der Waals surface area contributed by atoms with Crippen molar-refractivity contribution in [2.45, 2.75) is 64.0 Å². The van der Waals surface area contributed by atoms with Crippen molar-refractivity contribution in [2.75, 3.05) is 6.54 Å². The smallest absolute Gasteiger partial charge is 0.251 e. The van der Waals surface area contributed by atoms with Gasteiger partial charge in [-0.2, -0.15) is 0 Å². The molecule has 1 aromatic carbocycles. The van der Waals surface area contributed by atoms with E-state index in [1.165, 1.54) is 32.1 Å². The molecule has 0 saturated heterocycles.